The van der Waals surface area contributed by atoms with E-state index in [4.69, 9.17) is 21.4 Å². The highest BCUT2D eigenvalue weighted by Crippen LogP contribution is 2.27. The summed E-state index contributed by atoms with van der Waals surface area (Å²) in [7, 11) is 1.39. The molecule has 2 N–H and O–H groups in total. The van der Waals surface area contributed by atoms with Crippen LogP contribution in [0.25, 0.3) is 0 Å². The molecule has 0 saturated heterocycles. The quantitative estimate of drug-likeness (QED) is 0.882. The monoisotopic (exact) mass is 271 g/mol. The van der Waals surface area contributed by atoms with Crippen molar-refractivity contribution in [1.82, 2.24) is 0 Å². The number of hydrogen-bond donors (Lipinski definition) is 2. The van der Waals surface area contributed by atoms with Crippen LogP contribution in [0, 0.1) is 0 Å². The Morgan fingerprint density at radius 3 is 2.50 bits per heavy atom. The number of methoxy groups -OCH3 is 1. The number of carbonyl (C=O) groups is 2. The Labute approximate surface area is 110 Å². The summed E-state index contributed by atoms with van der Waals surface area (Å²) in [5, 5.41) is 11.7. The van der Waals surface area contributed by atoms with E-state index in [1.807, 2.05) is 0 Å². The zero-order valence-corrected chi connectivity index (χ0v) is 11.0. The molecule has 6 heteroatoms. The van der Waals surface area contributed by atoms with E-state index in [1.54, 1.807) is 13.8 Å². The third kappa shape index (κ3) is 3.00. The van der Waals surface area contributed by atoms with Gasteiger partial charge in [-0.15, -0.1) is 0 Å². The third-order valence-corrected chi connectivity index (χ3v) is 2.85. The van der Waals surface area contributed by atoms with Gasteiger partial charge in [0.25, 0.3) is 5.91 Å². The molecule has 0 fully saturated rings. The van der Waals surface area contributed by atoms with E-state index in [2.05, 4.69) is 5.32 Å². The minimum atomic E-state index is -1.16. The normalized spacial score (nSPS) is 11.1. The van der Waals surface area contributed by atoms with Gasteiger partial charge in [0.15, 0.2) is 0 Å². The molecule has 98 valence electrons. The highest BCUT2D eigenvalue weighted by molar-refractivity contribution is 6.34. The number of carboxylic acid groups (broad SMARTS) is 1. The number of anilines is 1. The first kappa shape index (κ1) is 14.5. The number of carboxylic acids is 1. The molecule has 0 atom stereocenters. The summed E-state index contributed by atoms with van der Waals surface area (Å²) >= 11 is 5.89. The maximum Gasteiger partial charge on any atom is 0.337 e. The molecule has 5 nitrogen and oxygen atoms in total. The summed E-state index contributed by atoms with van der Waals surface area (Å²) in [6, 6.07) is 4.37. The zero-order chi connectivity index (χ0) is 13.9. The molecule has 0 aliphatic heterocycles. The standard InChI is InChI=1S/C12H14ClNO4/c1-12(2,18-3)11(17)14-9-7(10(15)16)5-4-6-8(9)13/h4-6H,1-3H3,(H,14,17)(H,15,16). The molecule has 0 aliphatic carbocycles. The van der Waals surface area contributed by atoms with Crippen LogP contribution < -0.4 is 5.32 Å². The Morgan fingerprint density at radius 2 is 2.00 bits per heavy atom. The van der Waals surface area contributed by atoms with E-state index in [0.29, 0.717) is 0 Å². The minimum Gasteiger partial charge on any atom is -0.478 e. The van der Waals surface area contributed by atoms with Crippen LogP contribution in [0.3, 0.4) is 0 Å². The van der Waals surface area contributed by atoms with Gasteiger partial charge in [-0.1, -0.05) is 17.7 Å². The number of para-hydroxylation sites is 1. The van der Waals surface area contributed by atoms with Gasteiger partial charge in [0, 0.05) is 7.11 Å². The van der Waals surface area contributed by atoms with Crippen LogP contribution in [-0.4, -0.2) is 29.7 Å². The Hall–Kier alpha value is -1.59. The zero-order valence-electron chi connectivity index (χ0n) is 10.3. The minimum absolute atomic E-state index is 0.0669. The van der Waals surface area contributed by atoms with Gasteiger partial charge >= 0.3 is 5.97 Å². The maximum atomic E-state index is 11.9. The van der Waals surface area contributed by atoms with E-state index in [-0.39, 0.29) is 16.3 Å². The van der Waals surface area contributed by atoms with Gasteiger partial charge < -0.3 is 15.2 Å². The molecule has 0 unspecified atom stereocenters. The summed E-state index contributed by atoms with van der Waals surface area (Å²) in [5.41, 5.74) is -1.07. The molecule has 0 aliphatic rings. The van der Waals surface area contributed by atoms with Crippen molar-refractivity contribution in [2.24, 2.45) is 0 Å². The second kappa shape index (κ2) is 5.37. The Balaban J connectivity index is 3.12. The van der Waals surface area contributed by atoms with Crippen molar-refractivity contribution < 1.29 is 19.4 Å². The molecular weight excluding hydrogens is 258 g/mol. The van der Waals surface area contributed by atoms with E-state index < -0.39 is 17.5 Å². The van der Waals surface area contributed by atoms with Gasteiger partial charge in [-0.2, -0.15) is 0 Å². The van der Waals surface area contributed by atoms with E-state index in [0.717, 1.165) is 0 Å². The average molecular weight is 272 g/mol. The number of halogens is 1. The van der Waals surface area contributed by atoms with Crippen molar-refractivity contribution in [3.05, 3.63) is 28.8 Å². The lowest BCUT2D eigenvalue weighted by atomic mass is 10.1. The lowest BCUT2D eigenvalue weighted by molar-refractivity contribution is -0.133. The molecule has 1 amide bonds. The van der Waals surface area contributed by atoms with Crippen molar-refractivity contribution in [1.29, 1.82) is 0 Å². The average Bonchev–Trinajstić information content (AvgIpc) is 2.31. The molecule has 0 heterocycles. The SMILES string of the molecule is COC(C)(C)C(=O)Nc1c(Cl)cccc1C(=O)O. The molecular formula is C12H14ClNO4. The van der Waals surface area contributed by atoms with Crippen LogP contribution in [-0.2, 0) is 9.53 Å². The number of hydrogen-bond acceptors (Lipinski definition) is 3. The van der Waals surface area contributed by atoms with Gasteiger partial charge in [-0.25, -0.2) is 4.79 Å². The predicted octanol–water partition coefficient (Wildman–Crippen LogP) is 2.40. The molecule has 0 spiro atoms. The number of amides is 1. The molecule has 0 saturated carbocycles. The summed E-state index contributed by atoms with van der Waals surface area (Å²) in [6.45, 7) is 3.14. The summed E-state index contributed by atoms with van der Waals surface area (Å²) in [5.74, 6) is -1.64. The first-order chi connectivity index (χ1) is 8.29. The van der Waals surface area contributed by atoms with Crippen LogP contribution in [0.5, 0.6) is 0 Å². The Kier molecular flexibility index (Phi) is 4.32. The molecule has 18 heavy (non-hydrogen) atoms. The topological polar surface area (TPSA) is 75.6 Å². The van der Waals surface area contributed by atoms with Crippen molar-refractivity contribution in [2.75, 3.05) is 12.4 Å². The molecule has 0 radical (unpaired) electrons. The molecule has 0 aromatic heterocycles. The van der Waals surface area contributed by atoms with E-state index >= 15 is 0 Å². The van der Waals surface area contributed by atoms with Gasteiger partial charge in [-0.3, -0.25) is 4.79 Å². The van der Waals surface area contributed by atoms with Crippen molar-refractivity contribution in [3.63, 3.8) is 0 Å². The van der Waals surface area contributed by atoms with Gasteiger partial charge in [0.05, 0.1) is 16.3 Å². The highest BCUT2D eigenvalue weighted by atomic mass is 35.5. The smallest absolute Gasteiger partial charge is 0.337 e. The van der Waals surface area contributed by atoms with Crippen molar-refractivity contribution >= 4 is 29.2 Å². The van der Waals surface area contributed by atoms with Gasteiger partial charge in [0.2, 0.25) is 0 Å². The molecule has 1 aromatic carbocycles. The van der Waals surface area contributed by atoms with Crippen LogP contribution in [0.2, 0.25) is 5.02 Å². The molecule has 1 aromatic rings. The first-order valence-corrected chi connectivity index (χ1v) is 5.56. The summed E-state index contributed by atoms with van der Waals surface area (Å²) in [6.07, 6.45) is 0. The summed E-state index contributed by atoms with van der Waals surface area (Å²) in [4.78, 5) is 22.9. The van der Waals surface area contributed by atoms with Crippen molar-refractivity contribution in [3.8, 4) is 0 Å². The van der Waals surface area contributed by atoms with Gasteiger partial charge in [-0.05, 0) is 26.0 Å². The predicted molar refractivity (Wildman–Crippen MR) is 68.1 cm³/mol. The van der Waals surface area contributed by atoms with E-state index in [1.165, 1.54) is 25.3 Å². The van der Waals surface area contributed by atoms with Gasteiger partial charge in [0.1, 0.15) is 5.60 Å². The van der Waals surface area contributed by atoms with Crippen LogP contribution in [0.4, 0.5) is 5.69 Å². The number of rotatable bonds is 4. The first-order valence-electron chi connectivity index (χ1n) is 5.18. The Morgan fingerprint density at radius 1 is 1.39 bits per heavy atom. The number of ether oxygens (including phenoxy) is 1. The number of aromatic carboxylic acids is 1. The largest absolute Gasteiger partial charge is 0.478 e. The lowest BCUT2D eigenvalue weighted by Gasteiger charge is -2.22. The second-order valence-electron chi connectivity index (χ2n) is 4.14. The number of nitrogens with one attached hydrogen (secondary N) is 1. The van der Waals surface area contributed by atoms with Crippen LogP contribution >= 0.6 is 11.6 Å². The number of carbonyl (C=O) groups excluding carboxylic acids is 1. The fourth-order valence-electron chi connectivity index (χ4n) is 1.19. The second-order valence-corrected chi connectivity index (χ2v) is 4.54. The summed E-state index contributed by atoms with van der Waals surface area (Å²) < 4.78 is 5.01. The Bertz CT molecular complexity index is 485. The fourth-order valence-corrected chi connectivity index (χ4v) is 1.41. The molecule has 0 bridgehead atoms. The number of benzene rings is 1. The van der Waals surface area contributed by atoms with Crippen molar-refractivity contribution in [2.45, 2.75) is 19.4 Å². The highest BCUT2D eigenvalue weighted by Gasteiger charge is 2.28. The maximum absolute atomic E-state index is 11.9. The van der Waals surface area contributed by atoms with E-state index in [9.17, 15) is 9.59 Å². The van der Waals surface area contributed by atoms with Crippen LogP contribution in [0.1, 0.15) is 24.2 Å². The third-order valence-electron chi connectivity index (χ3n) is 2.54. The van der Waals surface area contributed by atoms with Crippen LogP contribution in [0.15, 0.2) is 18.2 Å². The fraction of sp³-hybridized carbons (Fsp3) is 0.333. The molecule has 1 rings (SSSR count). The lowest BCUT2D eigenvalue weighted by Crippen LogP contribution is -2.39.